The van der Waals surface area contributed by atoms with E-state index in [0.717, 1.165) is 0 Å². The minimum Gasteiger partial charge on any atom is -0.476 e. The molecule has 0 aliphatic heterocycles. The second-order valence-electron chi connectivity index (χ2n) is 3.43. The molecule has 90 valence electrons. The van der Waals surface area contributed by atoms with Gasteiger partial charge < -0.3 is 9.52 Å². The Bertz CT molecular complexity index is 545. The third-order valence-corrected chi connectivity index (χ3v) is 2.28. The highest BCUT2D eigenvalue weighted by Crippen LogP contribution is 2.07. The molecule has 0 saturated carbocycles. The summed E-state index contributed by atoms with van der Waals surface area (Å²) >= 11 is 0. The van der Waals surface area contributed by atoms with E-state index in [2.05, 4.69) is 20.5 Å². The molecule has 0 fully saturated rings. The van der Waals surface area contributed by atoms with Gasteiger partial charge in [-0.3, -0.25) is 0 Å². The summed E-state index contributed by atoms with van der Waals surface area (Å²) in [6.45, 7) is 3.75. The van der Waals surface area contributed by atoms with E-state index in [9.17, 15) is 4.79 Å². The second kappa shape index (κ2) is 4.32. The second-order valence-corrected chi connectivity index (χ2v) is 3.43. The Kier molecular flexibility index (Phi) is 2.86. The van der Waals surface area contributed by atoms with Crippen LogP contribution in [-0.2, 0) is 13.0 Å². The number of carboxylic acid groups (broad SMARTS) is 1. The minimum absolute atomic E-state index is 0.0692. The molecule has 0 saturated heterocycles. The van der Waals surface area contributed by atoms with Crippen LogP contribution < -0.4 is 0 Å². The van der Waals surface area contributed by atoms with Crippen LogP contribution in [0.25, 0.3) is 0 Å². The lowest BCUT2D eigenvalue weighted by Crippen LogP contribution is -2.06. The Labute approximate surface area is 96.3 Å². The number of aromatic nitrogens is 5. The number of carbonyl (C=O) groups is 1. The van der Waals surface area contributed by atoms with Crippen molar-refractivity contribution >= 4 is 5.97 Å². The van der Waals surface area contributed by atoms with Gasteiger partial charge in [-0.05, 0) is 6.92 Å². The van der Waals surface area contributed by atoms with Gasteiger partial charge in [0.15, 0.2) is 5.69 Å². The topological polar surface area (TPSA) is 107 Å². The highest BCUT2D eigenvalue weighted by Gasteiger charge is 2.16. The maximum atomic E-state index is 10.8. The fourth-order valence-electron chi connectivity index (χ4n) is 1.33. The average Bonchev–Trinajstić information content (AvgIpc) is 2.87. The highest BCUT2D eigenvalue weighted by atomic mass is 16.4. The summed E-state index contributed by atoms with van der Waals surface area (Å²) in [6, 6.07) is 0. The standard InChI is InChI=1S/C9H11N5O3/c1-3-6-10-11-7(17-6)4-14-5(2)8(9(15)16)12-13-14/h3-4H2,1-2H3,(H,15,16). The number of nitrogens with zero attached hydrogens (tertiary/aromatic N) is 5. The zero-order valence-electron chi connectivity index (χ0n) is 9.41. The number of aryl methyl sites for hydroxylation is 1. The fourth-order valence-corrected chi connectivity index (χ4v) is 1.33. The van der Waals surface area contributed by atoms with Crippen molar-refractivity contribution in [3.63, 3.8) is 0 Å². The first-order valence-electron chi connectivity index (χ1n) is 5.06. The molecule has 2 rings (SSSR count). The number of hydrogen-bond acceptors (Lipinski definition) is 6. The molecule has 2 aromatic heterocycles. The van der Waals surface area contributed by atoms with Crippen molar-refractivity contribution in [1.82, 2.24) is 25.2 Å². The van der Waals surface area contributed by atoms with E-state index in [1.54, 1.807) is 6.92 Å². The van der Waals surface area contributed by atoms with E-state index >= 15 is 0 Å². The van der Waals surface area contributed by atoms with Crippen LogP contribution in [0.4, 0.5) is 0 Å². The molecule has 0 radical (unpaired) electrons. The van der Waals surface area contributed by atoms with Crippen LogP contribution in [0, 0.1) is 6.92 Å². The summed E-state index contributed by atoms with van der Waals surface area (Å²) in [6.07, 6.45) is 0.656. The van der Waals surface area contributed by atoms with Crippen LogP contribution in [0.2, 0.25) is 0 Å². The number of carboxylic acids is 1. The fraction of sp³-hybridized carbons (Fsp3) is 0.444. The van der Waals surface area contributed by atoms with Crippen molar-refractivity contribution in [2.24, 2.45) is 0 Å². The molecule has 1 N–H and O–H groups in total. The van der Waals surface area contributed by atoms with Crippen molar-refractivity contribution in [3.8, 4) is 0 Å². The molecular weight excluding hydrogens is 226 g/mol. The Morgan fingerprint density at radius 2 is 2.06 bits per heavy atom. The molecule has 0 bridgehead atoms. The van der Waals surface area contributed by atoms with E-state index in [1.807, 2.05) is 6.92 Å². The zero-order chi connectivity index (χ0) is 12.4. The van der Waals surface area contributed by atoms with E-state index < -0.39 is 5.97 Å². The van der Waals surface area contributed by atoms with Crippen molar-refractivity contribution in [1.29, 1.82) is 0 Å². The molecule has 2 aromatic rings. The lowest BCUT2D eigenvalue weighted by atomic mass is 10.3. The summed E-state index contributed by atoms with van der Waals surface area (Å²) < 4.78 is 6.72. The molecule has 2 heterocycles. The zero-order valence-corrected chi connectivity index (χ0v) is 9.41. The summed E-state index contributed by atoms with van der Waals surface area (Å²) in [7, 11) is 0. The summed E-state index contributed by atoms with van der Waals surface area (Å²) in [5.74, 6) is -0.184. The first-order chi connectivity index (χ1) is 8.11. The summed E-state index contributed by atoms with van der Waals surface area (Å²) in [5.41, 5.74) is 0.383. The molecule has 0 aliphatic rings. The average molecular weight is 237 g/mol. The predicted molar refractivity (Wildman–Crippen MR) is 54.5 cm³/mol. The number of rotatable bonds is 4. The maximum absolute atomic E-state index is 10.8. The monoisotopic (exact) mass is 237 g/mol. The van der Waals surface area contributed by atoms with E-state index in [4.69, 9.17) is 9.52 Å². The van der Waals surface area contributed by atoms with Gasteiger partial charge in [-0.15, -0.1) is 15.3 Å². The van der Waals surface area contributed by atoms with Gasteiger partial charge in [-0.25, -0.2) is 9.48 Å². The van der Waals surface area contributed by atoms with Crippen LogP contribution in [0.1, 0.15) is 34.9 Å². The summed E-state index contributed by atoms with van der Waals surface area (Å²) in [5, 5.41) is 23.7. The minimum atomic E-state index is -1.10. The van der Waals surface area contributed by atoms with Crippen LogP contribution in [0.5, 0.6) is 0 Å². The largest absolute Gasteiger partial charge is 0.476 e. The first-order valence-corrected chi connectivity index (χ1v) is 5.06. The molecule has 0 unspecified atom stereocenters. The van der Waals surface area contributed by atoms with Gasteiger partial charge >= 0.3 is 5.97 Å². The van der Waals surface area contributed by atoms with Crippen LogP contribution in [0.15, 0.2) is 4.42 Å². The van der Waals surface area contributed by atoms with Crippen molar-refractivity contribution in [3.05, 3.63) is 23.2 Å². The molecule has 0 spiro atoms. The Morgan fingerprint density at radius 3 is 2.59 bits per heavy atom. The van der Waals surface area contributed by atoms with E-state index in [1.165, 1.54) is 4.68 Å². The van der Waals surface area contributed by atoms with Crippen LogP contribution in [-0.4, -0.2) is 36.3 Å². The van der Waals surface area contributed by atoms with Gasteiger partial charge in [0.2, 0.25) is 11.8 Å². The third kappa shape index (κ3) is 2.14. The molecule has 8 heteroatoms. The van der Waals surface area contributed by atoms with Gasteiger partial charge in [-0.1, -0.05) is 12.1 Å². The van der Waals surface area contributed by atoms with Crippen LogP contribution in [0.3, 0.4) is 0 Å². The van der Waals surface area contributed by atoms with Crippen LogP contribution >= 0.6 is 0 Å². The Morgan fingerprint density at radius 1 is 1.35 bits per heavy atom. The molecule has 0 atom stereocenters. The quantitative estimate of drug-likeness (QED) is 0.813. The SMILES string of the molecule is CCc1nnc(Cn2nnc(C(=O)O)c2C)o1. The molecule has 0 aliphatic carbocycles. The lowest BCUT2D eigenvalue weighted by Gasteiger charge is -1.98. The van der Waals surface area contributed by atoms with E-state index in [0.29, 0.717) is 23.9 Å². The number of aromatic carboxylic acids is 1. The van der Waals surface area contributed by atoms with Crippen molar-refractivity contribution in [2.45, 2.75) is 26.8 Å². The molecular formula is C9H11N5O3. The van der Waals surface area contributed by atoms with Gasteiger partial charge in [0.25, 0.3) is 0 Å². The van der Waals surface area contributed by atoms with Gasteiger partial charge in [-0.2, -0.15) is 0 Å². The maximum Gasteiger partial charge on any atom is 0.358 e. The highest BCUT2D eigenvalue weighted by molar-refractivity contribution is 5.86. The summed E-state index contributed by atoms with van der Waals surface area (Å²) in [4.78, 5) is 10.8. The number of hydrogen-bond donors (Lipinski definition) is 1. The Hall–Kier alpha value is -2.25. The first kappa shape index (κ1) is 11.2. The van der Waals surface area contributed by atoms with Crippen molar-refractivity contribution < 1.29 is 14.3 Å². The van der Waals surface area contributed by atoms with Gasteiger partial charge in [0.05, 0.1) is 5.69 Å². The molecule has 0 amide bonds. The molecule has 8 nitrogen and oxygen atoms in total. The van der Waals surface area contributed by atoms with E-state index in [-0.39, 0.29) is 12.2 Å². The van der Waals surface area contributed by atoms with Gasteiger partial charge in [0.1, 0.15) is 6.54 Å². The molecule has 17 heavy (non-hydrogen) atoms. The normalized spacial score (nSPS) is 10.7. The smallest absolute Gasteiger partial charge is 0.358 e. The Balaban J connectivity index is 2.21. The predicted octanol–water partition coefficient (Wildman–Crippen LogP) is 0.278. The molecule has 0 aromatic carbocycles. The van der Waals surface area contributed by atoms with Crippen molar-refractivity contribution in [2.75, 3.05) is 0 Å². The third-order valence-electron chi connectivity index (χ3n) is 2.28. The lowest BCUT2D eigenvalue weighted by molar-refractivity contribution is 0.0689. The van der Waals surface area contributed by atoms with Gasteiger partial charge in [0, 0.05) is 6.42 Å².